The first-order valence-corrected chi connectivity index (χ1v) is 13.7. The fraction of sp³-hybridized carbons (Fsp3) is 0.167. The molecular weight excluding hydrogens is 524 g/mol. The van der Waals surface area contributed by atoms with Crippen LogP contribution >= 0.6 is 27.7 Å². The maximum atomic E-state index is 12.7. The van der Waals surface area contributed by atoms with Gasteiger partial charge in [-0.2, -0.15) is 0 Å². The third-order valence-corrected chi connectivity index (χ3v) is 7.08. The smallest absolute Gasteiger partial charge is 0.237 e. The Morgan fingerprint density at radius 2 is 1.58 bits per heavy atom. The molecule has 3 aromatic carbocycles. The number of rotatable bonds is 9. The Morgan fingerprint density at radius 3 is 2.12 bits per heavy atom. The van der Waals surface area contributed by atoms with E-state index in [1.54, 1.807) is 0 Å². The van der Waals surface area contributed by atoms with Gasteiger partial charge in [0.05, 0.1) is 17.9 Å². The van der Waals surface area contributed by atoms with Gasteiger partial charge in [0, 0.05) is 21.5 Å². The second kappa shape index (κ2) is 11.5. The van der Waals surface area contributed by atoms with E-state index in [1.165, 1.54) is 11.8 Å². The third-order valence-electron chi connectivity index (χ3n) is 4.81. The van der Waals surface area contributed by atoms with Crippen molar-refractivity contribution in [2.75, 3.05) is 12.0 Å². The standard InChI is InChI=1S/C24H23BrN2O4S2/c1-33(30,31)27-24(28)20(16-32-22-5-3-2-4-6-22)15-23(26-29)19-9-7-17(8-10-19)18-11-13-21(25)14-12-18/h2-14,20,29H,15-16H2,1H3,(H,27,28)/b26-23-. The quantitative estimate of drug-likeness (QED) is 0.167. The molecule has 0 aromatic heterocycles. The van der Waals surface area contributed by atoms with Gasteiger partial charge in [0.25, 0.3) is 0 Å². The molecule has 6 nitrogen and oxygen atoms in total. The van der Waals surface area contributed by atoms with Crippen LogP contribution < -0.4 is 4.72 Å². The van der Waals surface area contributed by atoms with Gasteiger partial charge in [-0.1, -0.05) is 75.7 Å². The predicted molar refractivity (Wildman–Crippen MR) is 136 cm³/mol. The molecule has 0 aliphatic carbocycles. The molecule has 1 atom stereocenters. The van der Waals surface area contributed by atoms with Crippen molar-refractivity contribution in [1.29, 1.82) is 0 Å². The molecule has 0 aliphatic heterocycles. The van der Waals surface area contributed by atoms with Crippen molar-refractivity contribution in [3.63, 3.8) is 0 Å². The van der Waals surface area contributed by atoms with E-state index in [9.17, 15) is 18.4 Å². The number of hydrogen-bond donors (Lipinski definition) is 2. The van der Waals surface area contributed by atoms with Crippen LogP contribution in [0.2, 0.25) is 0 Å². The molecule has 3 rings (SSSR count). The number of amides is 1. The topological polar surface area (TPSA) is 95.8 Å². The summed E-state index contributed by atoms with van der Waals surface area (Å²) in [5, 5.41) is 13.1. The lowest BCUT2D eigenvalue weighted by Crippen LogP contribution is -2.37. The van der Waals surface area contributed by atoms with Gasteiger partial charge >= 0.3 is 0 Å². The van der Waals surface area contributed by atoms with Crippen molar-refractivity contribution in [3.05, 3.63) is 88.9 Å². The van der Waals surface area contributed by atoms with E-state index < -0.39 is 21.8 Å². The maximum absolute atomic E-state index is 12.7. The van der Waals surface area contributed by atoms with Crippen LogP contribution in [0.4, 0.5) is 0 Å². The molecule has 0 radical (unpaired) electrons. The Balaban J connectivity index is 1.78. The molecule has 0 fully saturated rings. The van der Waals surface area contributed by atoms with E-state index in [1.807, 2.05) is 78.9 Å². The van der Waals surface area contributed by atoms with Crippen molar-refractivity contribution in [3.8, 4) is 11.1 Å². The number of carbonyl (C=O) groups is 1. The van der Waals surface area contributed by atoms with Crippen molar-refractivity contribution in [1.82, 2.24) is 4.72 Å². The van der Waals surface area contributed by atoms with Gasteiger partial charge in [-0.25, -0.2) is 8.42 Å². The summed E-state index contributed by atoms with van der Waals surface area (Å²) in [5.74, 6) is -1.03. The fourth-order valence-electron chi connectivity index (χ4n) is 3.15. The summed E-state index contributed by atoms with van der Waals surface area (Å²) < 4.78 is 26.3. The lowest BCUT2D eigenvalue weighted by atomic mass is 9.96. The van der Waals surface area contributed by atoms with Crippen molar-refractivity contribution >= 4 is 49.3 Å². The minimum absolute atomic E-state index is 0.0787. The van der Waals surface area contributed by atoms with Crippen LogP contribution in [0.1, 0.15) is 12.0 Å². The van der Waals surface area contributed by atoms with Gasteiger partial charge < -0.3 is 5.21 Å². The highest BCUT2D eigenvalue weighted by Gasteiger charge is 2.24. The Hall–Kier alpha value is -2.62. The number of carbonyl (C=O) groups excluding carboxylic acids is 1. The van der Waals surface area contributed by atoms with E-state index in [0.29, 0.717) is 17.0 Å². The average molecular weight is 547 g/mol. The summed E-state index contributed by atoms with van der Waals surface area (Å²) in [6.07, 6.45) is 1.02. The number of hydrogen-bond acceptors (Lipinski definition) is 6. The molecule has 3 aromatic rings. The molecule has 0 saturated heterocycles. The molecule has 0 bridgehead atoms. The second-order valence-electron chi connectivity index (χ2n) is 7.39. The second-order valence-corrected chi connectivity index (χ2v) is 11.2. The van der Waals surface area contributed by atoms with Crippen LogP contribution in [0, 0.1) is 5.92 Å². The molecule has 172 valence electrons. The van der Waals surface area contributed by atoms with E-state index in [0.717, 1.165) is 26.8 Å². The van der Waals surface area contributed by atoms with Gasteiger partial charge in [0.2, 0.25) is 15.9 Å². The van der Waals surface area contributed by atoms with Gasteiger partial charge in [-0.3, -0.25) is 9.52 Å². The molecule has 0 spiro atoms. The zero-order chi connectivity index (χ0) is 23.8. The molecule has 1 unspecified atom stereocenters. The summed E-state index contributed by atoms with van der Waals surface area (Å²) in [6, 6.07) is 24.9. The number of thioether (sulfide) groups is 1. The first kappa shape index (κ1) is 25.0. The van der Waals surface area contributed by atoms with E-state index in [-0.39, 0.29) is 6.42 Å². The molecule has 0 aliphatic rings. The normalized spacial score (nSPS) is 12.8. The van der Waals surface area contributed by atoms with Crippen LogP contribution in [-0.4, -0.2) is 37.3 Å². The molecular formula is C24H23BrN2O4S2. The molecule has 0 heterocycles. The van der Waals surface area contributed by atoms with E-state index in [2.05, 4.69) is 25.8 Å². The molecule has 2 N–H and O–H groups in total. The number of oxime groups is 1. The number of nitrogens with zero attached hydrogens (tertiary/aromatic N) is 1. The minimum atomic E-state index is -3.71. The van der Waals surface area contributed by atoms with Gasteiger partial charge in [0.15, 0.2) is 0 Å². The molecule has 33 heavy (non-hydrogen) atoms. The van der Waals surface area contributed by atoms with E-state index in [4.69, 9.17) is 0 Å². The zero-order valence-corrected chi connectivity index (χ0v) is 21.0. The Labute approximate surface area is 206 Å². The summed E-state index contributed by atoms with van der Waals surface area (Å²) >= 11 is 4.86. The molecule has 9 heteroatoms. The molecule has 0 saturated carbocycles. The van der Waals surface area contributed by atoms with Crippen molar-refractivity contribution in [2.24, 2.45) is 11.1 Å². The maximum Gasteiger partial charge on any atom is 0.237 e. The van der Waals surface area contributed by atoms with Crippen LogP contribution in [-0.2, 0) is 14.8 Å². The highest BCUT2D eigenvalue weighted by Crippen LogP contribution is 2.25. The number of sulfonamides is 1. The summed E-state index contributed by atoms with van der Waals surface area (Å²) in [4.78, 5) is 13.6. The summed E-state index contributed by atoms with van der Waals surface area (Å²) in [7, 11) is -3.71. The highest BCUT2D eigenvalue weighted by atomic mass is 79.9. The summed E-state index contributed by atoms with van der Waals surface area (Å²) in [5.41, 5.74) is 2.99. The highest BCUT2D eigenvalue weighted by molar-refractivity contribution is 9.10. The van der Waals surface area contributed by atoms with Crippen LogP contribution in [0.3, 0.4) is 0 Å². The number of nitrogens with one attached hydrogen (secondary N) is 1. The SMILES string of the molecule is CS(=O)(=O)NC(=O)C(CSc1ccccc1)C/C(=N/O)c1ccc(-c2ccc(Br)cc2)cc1. The lowest BCUT2D eigenvalue weighted by molar-refractivity contribution is -0.122. The van der Waals surface area contributed by atoms with Gasteiger partial charge in [-0.05, 0) is 41.0 Å². The fourth-order valence-corrected chi connectivity index (χ4v) is 4.96. The number of halogens is 1. The summed E-state index contributed by atoms with van der Waals surface area (Å²) in [6.45, 7) is 0. The minimum Gasteiger partial charge on any atom is -0.411 e. The average Bonchev–Trinajstić information content (AvgIpc) is 2.79. The van der Waals surface area contributed by atoms with Crippen molar-refractivity contribution in [2.45, 2.75) is 11.3 Å². The first-order chi connectivity index (χ1) is 15.7. The Bertz CT molecular complexity index is 1210. The van der Waals surface area contributed by atoms with E-state index >= 15 is 0 Å². The van der Waals surface area contributed by atoms with Crippen LogP contribution in [0.25, 0.3) is 11.1 Å². The van der Waals surface area contributed by atoms with Gasteiger partial charge in [0.1, 0.15) is 0 Å². The zero-order valence-electron chi connectivity index (χ0n) is 17.8. The Kier molecular flexibility index (Phi) is 8.71. The van der Waals surface area contributed by atoms with Crippen molar-refractivity contribution < 1.29 is 18.4 Å². The molecule has 1 amide bonds. The van der Waals surface area contributed by atoms with Gasteiger partial charge in [-0.15, -0.1) is 11.8 Å². The monoisotopic (exact) mass is 546 g/mol. The predicted octanol–water partition coefficient (Wildman–Crippen LogP) is 5.17. The first-order valence-electron chi connectivity index (χ1n) is 10.0. The largest absolute Gasteiger partial charge is 0.411 e. The third kappa shape index (κ3) is 7.73. The Morgan fingerprint density at radius 1 is 1.00 bits per heavy atom. The van der Waals surface area contributed by atoms with Crippen LogP contribution in [0.15, 0.2) is 93.4 Å². The lowest BCUT2D eigenvalue weighted by Gasteiger charge is -2.17. The van der Waals surface area contributed by atoms with Crippen LogP contribution in [0.5, 0.6) is 0 Å². The number of benzene rings is 3.